The highest BCUT2D eigenvalue weighted by atomic mass is 16.5. The van der Waals surface area contributed by atoms with Crippen LogP contribution in [0.4, 0.5) is 0 Å². The summed E-state index contributed by atoms with van der Waals surface area (Å²) in [6, 6.07) is 19.0. The summed E-state index contributed by atoms with van der Waals surface area (Å²) in [5.41, 5.74) is 4.95. The number of furan rings is 1. The Bertz CT molecular complexity index is 1480. The summed E-state index contributed by atoms with van der Waals surface area (Å²) in [6.07, 6.45) is 3.41. The molecule has 8 nitrogen and oxygen atoms in total. The van der Waals surface area contributed by atoms with Crippen LogP contribution in [0.2, 0.25) is 0 Å². The van der Waals surface area contributed by atoms with Crippen molar-refractivity contribution in [3.63, 3.8) is 0 Å². The van der Waals surface area contributed by atoms with Crippen LogP contribution in [0.15, 0.2) is 65.2 Å². The number of rotatable bonds is 9. The standard InChI is InChI=1S/C31H31N3O5/c1-3-34(14-17-36-2)31(35)22-6-4-21(5-7-22)29-19-27-30(39-29)26(10-13-33-27)23-8-9-28(24(18-23)20-32)38-25-11-15-37-16-12-25/h4-10,13,18-19,25H,3,11-12,14-17H2,1-2H3. The summed E-state index contributed by atoms with van der Waals surface area (Å²) in [5, 5.41) is 9.82. The van der Waals surface area contributed by atoms with Gasteiger partial charge in [-0.05, 0) is 42.8 Å². The molecule has 0 spiro atoms. The number of fused-ring (bicyclic) bond motifs is 1. The van der Waals surface area contributed by atoms with Crippen molar-refractivity contribution in [2.75, 3.05) is 40.0 Å². The predicted octanol–water partition coefficient (Wildman–Crippen LogP) is 5.70. The van der Waals surface area contributed by atoms with Gasteiger partial charge in [-0.3, -0.25) is 9.78 Å². The molecule has 0 unspecified atom stereocenters. The van der Waals surface area contributed by atoms with Gasteiger partial charge in [-0.25, -0.2) is 0 Å². The normalized spacial score (nSPS) is 13.8. The van der Waals surface area contributed by atoms with Gasteiger partial charge in [0, 0.05) is 62.0 Å². The molecule has 0 N–H and O–H groups in total. The maximum Gasteiger partial charge on any atom is 0.253 e. The third-order valence-electron chi connectivity index (χ3n) is 6.94. The Morgan fingerprint density at radius 2 is 1.87 bits per heavy atom. The number of amides is 1. The van der Waals surface area contributed by atoms with Crippen molar-refractivity contribution in [1.82, 2.24) is 9.88 Å². The molecule has 1 aliphatic rings. The second-order valence-corrected chi connectivity index (χ2v) is 9.39. The van der Waals surface area contributed by atoms with Crippen LogP contribution < -0.4 is 4.74 Å². The van der Waals surface area contributed by atoms with E-state index in [1.165, 1.54) is 0 Å². The molecule has 1 aliphatic heterocycles. The average Bonchev–Trinajstić information content (AvgIpc) is 3.43. The molecule has 1 fully saturated rings. The zero-order chi connectivity index (χ0) is 27.2. The fourth-order valence-electron chi connectivity index (χ4n) is 4.73. The molecule has 1 amide bonds. The van der Waals surface area contributed by atoms with Crippen molar-refractivity contribution in [1.29, 1.82) is 5.26 Å². The molecule has 0 atom stereocenters. The zero-order valence-corrected chi connectivity index (χ0v) is 22.2. The van der Waals surface area contributed by atoms with Gasteiger partial charge in [0.25, 0.3) is 5.91 Å². The van der Waals surface area contributed by atoms with Crippen LogP contribution >= 0.6 is 0 Å². The smallest absolute Gasteiger partial charge is 0.253 e. The molecule has 4 aromatic rings. The van der Waals surface area contributed by atoms with Crippen LogP contribution in [0.5, 0.6) is 5.75 Å². The van der Waals surface area contributed by atoms with Crippen LogP contribution in [0.1, 0.15) is 35.7 Å². The number of aromatic nitrogens is 1. The van der Waals surface area contributed by atoms with Crippen LogP contribution in [0.3, 0.4) is 0 Å². The summed E-state index contributed by atoms with van der Waals surface area (Å²) < 4.78 is 22.9. The Morgan fingerprint density at radius 1 is 1.10 bits per heavy atom. The topological polar surface area (TPSA) is 97.8 Å². The summed E-state index contributed by atoms with van der Waals surface area (Å²) in [7, 11) is 1.63. The minimum absolute atomic E-state index is 0.0350. The Kier molecular flexibility index (Phi) is 8.21. The Labute approximate surface area is 227 Å². The van der Waals surface area contributed by atoms with E-state index in [0.29, 0.717) is 66.6 Å². The second-order valence-electron chi connectivity index (χ2n) is 9.39. The summed E-state index contributed by atoms with van der Waals surface area (Å²) >= 11 is 0. The maximum atomic E-state index is 12.9. The van der Waals surface area contributed by atoms with Crippen molar-refractivity contribution < 1.29 is 23.4 Å². The molecule has 0 radical (unpaired) electrons. The fraction of sp³-hybridized carbons (Fsp3) is 0.323. The number of benzene rings is 2. The number of pyridine rings is 1. The number of nitrogens with zero attached hydrogens (tertiary/aromatic N) is 3. The van der Waals surface area contributed by atoms with E-state index in [2.05, 4.69) is 11.1 Å². The van der Waals surface area contributed by atoms with Crippen LogP contribution in [-0.4, -0.2) is 61.9 Å². The van der Waals surface area contributed by atoms with Crippen molar-refractivity contribution in [2.24, 2.45) is 0 Å². The molecule has 0 aliphatic carbocycles. The third-order valence-corrected chi connectivity index (χ3v) is 6.94. The van der Waals surface area contributed by atoms with Gasteiger partial charge in [0.1, 0.15) is 29.2 Å². The summed E-state index contributed by atoms with van der Waals surface area (Å²) in [5.74, 6) is 1.19. The van der Waals surface area contributed by atoms with Crippen molar-refractivity contribution in [3.05, 3.63) is 71.9 Å². The number of nitriles is 1. The lowest BCUT2D eigenvalue weighted by atomic mass is 10.0. The van der Waals surface area contributed by atoms with Crippen LogP contribution in [0.25, 0.3) is 33.6 Å². The molecule has 5 rings (SSSR count). The molecule has 8 heteroatoms. The lowest BCUT2D eigenvalue weighted by Crippen LogP contribution is -2.33. The van der Waals surface area contributed by atoms with E-state index < -0.39 is 0 Å². The molecular weight excluding hydrogens is 494 g/mol. The number of ether oxygens (including phenoxy) is 3. The molecule has 0 bridgehead atoms. The summed E-state index contributed by atoms with van der Waals surface area (Å²) in [4.78, 5) is 19.1. The lowest BCUT2D eigenvalue weighted by molar-refractivity contribution is 0.0254. The van der Waals surface area contributed by atoms with E-state index >= 15 is 0 Å². The van der Waals surface area contributed by atoms with Crippen molar-refractivity contribution >= 4 is 17.0 Å². The molecule has 2 aromatic heterocycles. The largest absolute Gasteiger partial charge is 0.489 e. The molecule has 200 valence electrons. The Balaban J connectivity index is 1.40. The maximum absolute atomic E-state index is 12.9. The minimum Gasteiger partial charge on any atom is -0.489 e. The molecule has 2 aromatic carbocycles. The molecule has 39 heavy (non-hydrogen) atoms. The van der Waals surface area contributed by atoms with E-state index in [1.807, 2.05) is 61.5 Å². The van der Waals surface area contributed by atoms with Crippen molar-refractivity contribution in [2.45, 2.75) is 25.9 Å². The van der Waals surface area contributed by atoms with Gasteiger partial charge in [0.05, 0.1) is 25.4 Å². The second kappa shape index (κ2) is 12.1. The van der Waals surface area contributed by atoms with E-state index in [9.17, 15) is 10.1 Å². The SMILES string of the molecule is CCN(CCOC)C(=O)c1ccc(-c2cc3nccc(-c4ccc(OC5CCOCC5)c(C#N)c4)c3o2)cc1. The number of methoxy groups -OCH3 is 1. The fourth-order valence-corrected chi connectivity index (χ4v) is 4.73. The first-order chi connectivity index (χ1) is 19.1. The van der Waals surface area contributed by atoms with Gasteiger partial charge in [-0.2, -0.15) is 5.26 Å². The number of carbonyl (C=O) groups is 1. The Hall–Kier alpha value is -4.19. The van der Waals surface area contributed by atoms with Gasteiger partial charge < -0.3 is 23.5 Å². The summed E-state index contributed by atoms with van der Waals surface area (Å²) in [6.45, 7) is 4.94. The average molecular weight is 526 g/mol. The number of carbonyl (C=O) groups excluding carboxylic acids is 1. The highest BCUT2D eigenvalue weighted by Crippen LogP contribution is 2.35. The van der Waals surface area contributed by atoms with Crippen LogP contribution in [-0.2, 0) is 9.47 Å². The van der Waals surface area contributed by atoms with E-state index in [4.69, 9.17) is 18.6 Å². The monoisotopic (exact) mass is 525 g/mol. The van der Waals surface area contributed by atoms with E-state index in [-0.39, 0.29) is 12.0 Å². The molecule has 1 saturated heterocycles. The Morgan fingerprint density at radius 3 is 2.59 bits per heavy atom. The first kappa shape index (κ1) is 26.4. The minimum atomic E-state index is -0.0350. The predicted molar refractivity (Wildman–Crippen MR) is 148 cm³/mol. The quantitative estimate of drug-likeness (QED) is 0.276. The van der Waals surface area contributed by atoms with E-state index in [0.717, 1.165) is 29.5 Å². The van der Waals surface area contributed by atoms with Gasteiger partial charge in [-0.1, -0.05) is 18.2 Å². The van der Waals surface area contributed by atoms with E-state index in [1.54, 1.807) is 18.2 Å². The highest BCUT2D eigenvalue weighted by Gasteiger charge is 2.19. The van der Waals surface area contributed by atoms with Gasteiger partial charge in [0.2, 0.25) is 0 Å². The lowest BCUT2D eigenvalue weighted by Gasteiger charge is -2.23. The zero-order valence-electron chi connectivity index (χ0n) is 22.2. The molecule has 3 heterocycles. The third kappa shape index (κ3) is 5.80. The number of hydrogen-bond donors (Lipinski definition) is 0. The first-order valence-corrected chi connectivity index (χ1v) is 13.2. The molecule has 0 saturated carbocycles. The van der Waals surface area contributed by atoms with Gasteiger partial charge in [-0.15, -0.1) is 0 Å². The number of likely N-dealkylation sites (N-methyl/N-ethyl adjacent to an activating group) is 1. The number of hydrogen-bond acceptors (Lipinski definition) is 7. The van der Waals surface area contributed by atoms with Gasteiger partial charge >= 0.3 is 0 Å². The molecular formula is C31H31N3O5. The van der Waals surface area contributed by atoms with Crippen LogP contribution in [0, 0.1) is 11.3 Å². The van der Waals surface area contributed by atoms with Crippen molar-refractivity contribution in [3.8, 4) is 34.3 Å². The van der Waals surface area contributed by atoms with Gasteiger partial charge in [0.15, 0.2) is 5.58 Å². The highest BCUT2D eigenvalue weighted by molar-refractivity contribution is 5.95. The first-order valence-electron chi connectivity index (χ1n) is 13.2.